The van der Waals surface area contributed by atoms with E-state index in [-0.39, 0.29) is 0 Å². The largest absolute Gasteiger partial charge is 0.491 e. The van der Waals surface area contributed by atoms with E-state index >= 15 is 0 Å². The van der Waals surface area contributed by atoms with Crippen LogP contribution in [0.15, 0.2) is 66.7 Å². The second-order valence-electron chi connectivity index (χ2n) is 6.30. The molecule has 1 aliphatic rings. The van der Waals surface area contributed by atoms with Gasteiger partial charge in [-0.15, -0.1) is 0 Å². The van der Waals surface area contributed by atoms with E-state index in [9.17, 15) is 5.11 Å². The van der Waals surface area contributed by atoms with E-state index in [1.54, 1.807) is 0 Å². The van der Waals surface area contributed by atoms with Crippen LogP contribution in [0.3, 0.4) is 0 Å². The first kappa shape index (κ1) is 15.0. The van der Waals surface area contributed by atoms with Crippen molar-refractivity contribution in [2.24, 2.45) is 0 Å². The number of fused-ring (bicyclic) bond motifs is 2. The number of para-hydroxylation sites is 1. The van der Waals surface area contributed by atoms with E-state index in [1.807, 2.05) is 30.3 Å². The van der Waals surface area contributed by atoms with Gasteiger partial charge in [0.05, 0.1) is 0 Å². The normalized spacial score (nSPS) is 14.6. The fourth-order valence-electron chi connectivity index (χ4n) is 3.35. The Hall–Kier alpha value is -2.52. The minimum absolute atomic E-state index is 0.303. The maximum atomic E-state index is 10.3. The number of ether oxygens (including phenoxy) is 1. The van der Waals surface area contributed by atoms with Crippen LogP contribution in [0.5, 0.6) is 5.75 Å². The van der Waals surface area contributed by atoms with Crippen LogP contribution in [-0.2, 0) is 6.42 Å². The minimum atomic E-state index is -0.511. The van der Waals surface area contributed by atoms with E-state index in [1.165, 1.54) is 16.6 Å². The first-order valence-corrected chi connectivity index (χ1v) is 8.42. The van der Waals surface area contributed by atoms with E-state index in [0.29, 0.717) is 13.2 Å². The predicted molar refractivity (Wildman–Crippen MR) is 97.8 cm³/mol. The third kappa shape index (κ3) is 3.08. The smallest absolute Gasteiger partial charge is 0.120 e. The molecule has 0 aliphatic carbocycles. The number of hydrogen-bond donors (Lipinski definition) is 1. The Morgan fingerprint density at radius 3 is 2.67 bits per heavy atom. The first-order valence-electron chi connectivity index (χ1n) is 8.42. The average Bonchev–Trinajstić information content (AvgIpc) is 3.03. The van der Waals surface area contributed by atoms with Crippen molar-refractivity contribution in [1.29, 1.82) is 0 Å². The first-order chi connectivity index (χ1) is 11.8. The molecule has 1 heterocycles. The molecule has 0 amide bonds. The van der Waals surface area contributed by atoms with Gasteiger partial charge < -0.3 is 14.7 Å². The van der Waals surface area contributed by atoms with Gasteiger partial charge in [0, 0.05) is 18.8 Å². The third-order valence-corrected chi connectivity index (χ3v) is 4.58. The van der Waals surface area contributed by atoms with E-state index in [4.69, 9.17) is 4.74 Å². The van der Waals surface area contributed by atoms with Gasteiger partial charge in [0.1, 0.15) is 18.5 Å². The fraction of sp³-hybridized carbons (Fsp3) is 0.238. The van der Waals surface area contributed by atoms with Crippen molar-refractivity contribution in [2.75, 3.05) is 24.6 Å². The zero-order valence-electron chi connectivity index (χ0n) is 13.6. The van der Waals surface area contributed by atoms with Crippen molar-refractivity contribution >= 4 is 16.5 Å². The second-order valence-corrected chi connectivity index (χ2v) is 6.30. The molecule has 0 radical (unpaired) electrons. The topological polar surface area (TPSA) is 32.7 Å². The van der Waals surface area contributed by atoms with Crippen molar-refractivity contribution in [1.82, 2.24) is 0 Å². The van der Waals surface area contributed by atoms with Crippen LogP contribution in [0.25, 0.3) is 10.8 Å². The zero-order valence-corrected chi connectivity index (χ0v) is 13.6. The summed E-state index contributed by atoms with van der Waals surface area (Å²) in [5.41, 5.74) is 2.60. The number of benzene rings is 3. The third-order valence-electron chi connectivity index (χ3n) is 4.58. The minimum Gasteiger partial charge on any atom is -0.491 e. The molecule has 1 N–H and O–H groups in total. The standard InChI is InChI=1S/C21H21NO2/c23-19(14-22-12-11-17-6-3-4-8-21(17)22)15-24-20-10-9-16-5-1-2-7-18(16)13-20/h1-10,13,19,23H,11-12,14-15H2. The maximum Gasteiger partial charge on any atom is 0.120 e. The molecule has 0 bridgehead atoms. The number of hydrogen-bond acceptors (Lipinski definition) is 3. The highest BCUT2D eigenvalue weighted by Gasteiger charge is 2.20. The number of aliphatic hydroxyl groups excluding tert-OH is 1. The van der Waals surface area contributed by atoms with Crippen molar-refractivity contribution in [3.8, 4) is 5.75 Å². The van der Waals surface area contributed by atoms with Gasteiger partial charge in [-0.2, -0.15) is 0 Å². The van der Waals surface area contributed by atoms with Gasteiger partial charge in [0.15, 0.2) is 0 Å². The molecule has 0 saturated heterocycles. The molecule has 122 valence electrons. The molecule has 3 aromatic carbocycles. The Morgan fingerprint density at radius 2 is 1.75 bits per heavy atom. The SMILES string of the molecule is OC(COc1ccc2ccccc2c1)CN1CCc2ccccc21. The van der Waals surface area contributed by atoms with E-state index in [0.717, 1.165) is 24.1 Å². The summed E-state index contributed by atoms with van der Waals surface area (Å²) >= 11 is 0. The van der Waals surface area contributed by atoms with Crippen molar-refractivity contribution in [3.05, 3.63) is 72.3 Å². The lowest BCUT2D eigenvalue weighted by Gasteiger charge is -2.23. The quantitative estimate of drug-likeness (QED) is 0.779. The van der Waals surface area contributed by atoms with Crippen LogP contribution in [0, 0.1) is 0 Å². The highest BCUT2D eigenvalue weighted by Crippen LogP contribution is 2.27. The highest BCUT2D eigenvalue weighted by molar-refractivity contribution is 5.83. The predicted octanol–water partition coefficient (Wildman–Crippen LogP) is 3.64. The molecule has 3 heteroatoms. The lowest BCUT2D eigenvalue weighted by molar-refractivity contribution is 0.112. The van der Waals surface area contributed by atoms with Crippen molar-refractivity contribution < 1.29 is 9.84 Å². The van der Waals surface area contributed by atoms with Gasteiger partial charge >= 0.3 is 0 Å². The van der Waals surface area contributed by atoms with Crippen LogP contribution in [0.4, 0.5) is 5.69 Å². The fourth-order valence-corrected chi connectivity index (χ4v) is 3.35. The lowest BCUT2D eigenvalue weighted by atomic mass is 10.1. The van der Waals surface area contributed by atoms with Crippen LogP contribution in [-0.4, -0.2) is 30.9 Å². The van der Waals surface area contributed by atoms with Crippen LogP contribution in [0.2, 0.25) is 0 Å². The van der Waals surface area contributed by atoms with Gasteiger partial charge in [0.25, 0.3) is 0 Å². The molecule has 3 nitrogen and oxygen atoms in total. The van der Waals surface area contributed by atoms with Gasteiger partial charge in [-0.3, -0.25) is 0 Å². The lowest BCUT2D eigenvalue weighted by Crippen LogP contribution is -2.34. The summed E-state index contributed by atoms with van der Waals surface area (Å²) < 4.78 is 5.80. The number of nitrogens with zero attached hydrogens (tertiary/aromatic N) is 1. The van der Waals surface area contributed by atoms with Crippen LogP contribution in [0.1, 0.15) is 5.56 Å². The van der Waals surface area contributed by atoms with E-state index < -0.39 is 6.10 Å². The molecule has 0 spiro atoms. The molecular formula is C21H21NO2. The summed E-state index contributed by atoms with van der Waals surface area (Å²) in [6, 6.07) is 22.6. The Bertz CT molecular complexity index is 846. The summed E-state index contributed by atoms with van der Waals surface area (Å²) in [4.78, 5) is 2.24. The second kappa shape index (κ2) is 6.54. The Labute approximate surface area is 142 Å². The molecule has 4 rings (SSSR count). The van der Waals surface area contributed by atoms with Crippen LogP contribution < -0.4 is 9.64 Å². The van der Waals surface area contributed by atoms with Gasteiger partial charge in [-0.05, 0) is 41.0 Å². The number of rotatable bonds is 5. The van der Waals surface area contributed by atoms with E-state index in [2.05, 4.69) is 41.3 Å². The molecule has 1 aliphatic heterocycles. The Kier molecular flexibility index (Phi) is 4.09. The molecule has 24 heavy (non-hydrogen) atoms. The van der Waals surface area contributed by atoms with Gasteiger partial charge in [-0.1, -0.05) is 48.5 Å². The molecule has 0 aromatic heterocycles. The molecule has 1 atom stereocenters. The number of anilines is 1. The maximum absolute atomic E-state index is 10.3. The molecule has 0 saturated carbocycles. The molecule has 0 fully saturated rings. The van der Waals surface area contributed by atoms with Gasteiger partial charge in [0.2, 0.25) is 0 Å². The Balaban J connectivity index is 1.37. The summed E-state index contributed by atoms with van der Waals surface area (Å²) in [7, 11) is 0. The van der Waals surface area contributed by atoms with Crippen LogP contribution >= 0.6 is 0 Å². The zero-order chi connectivity index (χ0) is 16.4. The number of aliphatic hydroxyl groups is 1. The summed E-state index contributed by atoms with van der Waals surface area (Å²) in [6.07, 6.45) is 0.539. The van der Waals surface area contributed by atoms with Gasteiger partial charge in [-0.25, -0.2) is 0 Å². The van der Waals surface area contributed by atoms with Crippen molar-refractivity contribution in [2.45, 2.75) is 12.5 Å². The molecular weight excluding hydrogens is 298 g/mol. The monoisotopic (exact) mass is 319 g/mol. The number of β-amino-alcohol motifs (C(OH)–C–C–N with tert-alkyl or cyclic N) is 1. The summed E-state index contributed by atoms with van der Waals surface area (Å²) in [6.45, 7) is 1.87. The Morgan fingerprint density at radius 1 is 0.958 bits per heavy atom. The van der Waals surface area contributed by atoms with Crippen molar-refractivity contribution in [3.63, 3.8) is 0 Å². The highest BCUT2D eigenvalue weighted by atomic mass is 16.5. The average molecular weight is 319 g/mol. The molecule has 1 unspecified atom stereocenters. The molecule has 3 aromatic rings. The summed E-state index contributed by atoms with van der Waals surface area (Å²) in [5.74, 6) is 0.801. The summed E-state index contributed by atoms with van der Waals surface area (Å²) in [5, 5.41) is 12.7.